The molecule has 0 saturated heterocycles. The second kappa shape index (κ2) is 5.93. The summed E-state index contributed by atoms with van der Waals surface area (Å²) >= 11 is 0. The number of methoxy groups -OCH3 is 1. The van der Waals surface area contributed by atoms with Crippen LogP contribution in [0.15, 0.2) is 35.1 Å². The van der Waals surface area contributed by atoms with Crippen molar-refractivity contribution in [1.29, 1.82) is 0 Å². The number of benzene rings is 1. The van der Waals surface area contributed by atoms with Crippen LogP contribution in [-0.2, 0) is 0 Å². The number of hydrogen-bond acceptors (Lipinski definition) is 3. The smallest absolute Gasteiger partial charge is 0.122 e. The molecule has 0 radical (unpaired) electrons. The van der Waals surface area contributed by atoms with Gasteiger partial charge in [0.2, 0.25) is 0 Å². The van der Waals surface area contributed by atoms with E-state index in [-0.39, 0.29) is 6.04 Å². The fourth-order valence-corrected chi connectivity index (χ4v) is 2.39. The van der Waals surface area contributed by atoms with E-state index in [9.17, 15) is 0 Å². The summed E-state index contributed by atoms with van der Waals surface area (Å²) < 4.78 is 10.6. The van der Waals surface area contributed by atoms with E-state index in [1.165, 1.54) is 11.1 Å². The summed E-state index contributed by atoms with van der Waals surface area (Å²) in [5, 5.41) is 3.51. The molecule has 1 N–H and O–H groups in total. The molecule has 19 heavy (non-hydrogen) atoms. The van der Waals surface area contributed by atoms with Gasteiger partial charge in [-0.15, -0.1) is 0 Å². The molecule has 102 valence electrons. The highest BCUT2D eigenvalue weighted by molar-refractivity contribution is 5.45. The largest absolute Gasteiger partial charge is 0.496 e. The highest BCUT2D eigenvalue weighted by Crippen LogP contribution is 2.30. The number of ether oxygens (including phenoxy) is 1. The third kappa shape index (κ3) is 2.82. The molecule has 2 rings (SSSR count). The Balaban J connectivity index is 2.45. The maximum Gasteiger partial charge on any atom is 0.122 e. The van der Waals surface area contributed by atoms with Crippen LogP contribution in [-0.4, -0.2) is 13.7 Å². The van der Waals surface area contributed by atoms with Crippen LogP contribution in [0, 0.1) is 13.8 Å². The van der Waals surface area contributed by atoms with Crippen molar-refractivity contribution in [3.8, 4) is 5.75 Å². The minimum absolute atomic E-state index is 0.161. The van der Waals surface area contributed by atoms with Crippen molar-refractivity contribution >= 4 is 0 Å². The topological polar surface area (TPSA) is 34.4 Å². The van der Waals surface area contributed by atoms with Crippen molar-refractivity contribution in [3.05, 3.63) is 53.0 Å². The van der Waals surface area contributed by atoms with E-state index in [2.05, 4.69) is 38.2 Å². The van der Waals surface area contributed by atoms with E-state index in [4.69, 9.17) is 9.15 Å². The molecule has 0 aliphatic rings. The van der Waals surface area contributed by atoms with E-state index >= 15 is 0 Å². The van der Waals surface area contributed by atoms with Gasteiger partial charge in [-0.2, -0.15) is 0 Å². The highest BCUT2D eigenvalue weighted by Gasteiger charge is 2.17. The monoisotopic (exact) mass is 259 g/mol. The maximum absolute atomic E-state index is 5.37. The van der Waals surface area contributed by atoms with Crippen LogP contribution < -0.4 is 10.1 Å². The molecule has 3 nitrogen and oxygen atoms in total. The van der Waals surface area contributed by atoms with E-state index in [1.807, 2.05) is 6.07 Å². The lowest BCUT2D eigenvalue weighted by Gasteiger charge is -2.21. The van der Waals surface area contributed by atoms with E-state index in [0.29, 0.717) is 0 Å². The Labute approximate surface area is 114 Å². The summed E-state index contributed by atoms with van der Waals surface area (Å²) in [5.41, 5.74) is 4.78. The third-order valence-corrected chi connectivity index (χ3v) is 3.38. The second-order valence-corrected chi connectivity index (χ2v) is 4.73. The molecule has 0 aliphatic carbocycles. The zero-order valence-electron chi connectivity index (χ0n) is 12.0. The number of furan rings is 1. The number of hydrogen-bond donors (Lipinski definition) is 1. The van der Waals surface area contributed by atoms with Gasteiger partial charge in [-0.3, -0.25) is 0 Å². The van der Waals surface area contributed by atoms with Gasteiger partial charge < -0.3 is 14.5 Å². The van der Waals surface area contributed by atoms with Crippen LogP contribution in [0.3, 0.4) is 0 Å². The molecule has 0 amide bonds. The molecule has 0 bridgehead atoms. The molecule has 0 fully saturated rings. The Morgan fingerprint density at radius 2 is 2.05 bits per heavy atom. The molecule has 1 aromatic heterocycles. The van der Waals surface area contributed by atoms with Gasteiger partial charge >= 0.3 is 0 Å². The standard InChI is InChI=1S/C16H21NO2/c1-5-17-16(13-6-7-19-10-13)14-8-12(3)15(18-4)9-11(14)2/h6-10,16-17H,5H2,1-4H3. The van der Waals surface area contributed by atoms with Gasteiger partial charge in [0.25, 0.3) is 0 Å². The lowest BCUT2D eigenvalue weighted by molar-refractivity contribution is 0.411. The minimum atomic E-state index is 0.161. The van der Waals surface area contributed by atoms with Crippen LogP contribution >= 0.6 is 0 Å². The molecular weight excluding hydrogens is 238 g/mol. The molecule has 0 aliphatic heterocycles. The van der Waals surface area contributed by atoms with Gasteiger partial charge in [-0.05, 0) is 49.2 Å². The first-order chi connectivity index (χ1) is 9.17. The first-order valence-corrected chi connectivity index (χ1v) is 6.58. The average molecular weight is 259 g/mol. The summed E-state index contributed by atoms with van der Waals surface area (Å²) in [6, 6.07) is 6.45. The molecule has 0 saturated carbocycles. The summed E-state index contributed by atoms with van der Waals surface area (Å²) in [7, 11) is 1.71. The van der Waals surface area contributed by atoms with Crippen LogP contribution in [0.25, 0.3) is 0 Å². The summed E-state index contributed by atoms with van der Waals surface area (Å²) in [5.74, 6) is 0.934. The Bertz CT molecular complexity index is 532. The Morgan fingerprint density at radius 1 is 1.26 bits per heavy atom. The molecular formula is C16H21NO2. The normalized spacial score (nSPS) is 12.4. The first-order valence-electron chi connectivity index (χ1n) is 6.58. The molecule has 1 heterocycles. The molecule has 1 aromatic carbocycles. The second-order valence-electron chi connectivity index (χ2n) is 4.73. The Kier molecular flexibility index (Phi) is 4.27. The van der Waals surface area contributed by atoms with Crippen molar-refractivity contribution in [2.24, 2.45) is 0 Å². The fourth-order valence-electron chi connectivity index (χ4n) is 2.39. The van der Waals surface area contributed by atoms with Crippen molar-refractivity contribution in [2.75, 3.05) is 13.7 Å². The maximum atomic E-state index is 5.37. The van der Waals surface area contributed by atoms with Crippen molar-refractivity contribution in [1.82, 2.24) is 5.32 Å². The van der Waals surface area contributed by atoms with Gasteiger partial charge in [0.05, 0.1) is 25.7 Å². The molecule has 1 unspecified atom stereocenters. The Morgan fingerprint density at radius 3 is 2.63 bits per heavy atom. The van der Waals surface area contributed by atoms with Crippen molar-refractivity contribution in [2.45, 2.75) is 26.8 Å². The van der Waals surface area contributed by atoms with Gasteiger partial charge in [-0.25, -0.2) is 0 Å². The highest BCUT2D eigenvalue weighted by atomic mass is 16.5. The number of nitrogens with one attached hydrogen (secondary N) is 1. The van der Waals surface area contributed by atoms with Crippen LogP contribution in [0.4, 0.5) is 0 Å². The van der Waals surface area contributed by atoms with Crippen molar-refractivity contribution < 1.29 is 9.15 Å². The predicted octanol–water partition coefficient (Wildman–Crippen LogP) is 3.60. The average Bonchev–Trinajstić information content (AvgIpc) is 2.92. The summed E-state index contributed by atoms with van der Waals surface area (Å²) in [6.07, 6.45) is 3.51. The minimum Gasteiger partial charge on any atom is -0.496 e. The summed E-state index contributed by atoms with van der Waals surface area (Å²) in [6.45, 7) is 7.20. The van der Waals surface area contributed by atoms with Crippen LogP contribution in [0.1, 0.15) is 35.2 Å². The van der Waals surface area contributed by atoms with Crippen LogP contribution in [0.5, 0.6) is 5.75 Å². The zero-order valence-corrected chi connectivity index (χ0v) is 12.0. The van der Waals surface area contributed by atoms with E-state index < -0.39 is 0 Å². The lowest BCUT2D eigenvalue weighted by Crippen LogP contribution is -2.22. The van der Waals surface area contributed by atoms with Crippen LogP contribution in [0.2, 0.25) is 0 Å². The molecule has 1 atom stereocenters. The van der Waals surface area contributed by atoms with Gasteiger partial charge in [0, 0.05) is 5.56 Å². The van der Waals surface area contributed by atoms with Gasteiger partial charge in [-0.1, -0.05) is 13.0 Å². The SMILES string of the molecule is CCNC(c1ccoc1)c1cc(C)c(OC)cc1C. The van der Waals surface area contributed by atoms with Gasteiger partial charge in [0.1, 0.15) is 5.75 Å². The molecule has 0 spiro atoms. The quantitative estimate of drug-likeness (QED) is 0.890. The molecule has 2 aromatic rings. The number of rotatable bonds is 5. The van der Waals surface area contributed by atoms with Gasteiger partial charge in [0.15, 0.2) is 0 Å². The fraction of sp³-hybridized carbons (Fsp3) is 0.375. The van der Waals surface area contributed by atoms with E-state index in [0.717, 1.165) is 23.4 Å². The van der Waals surface area contributed by atoms with Crippen molar-refractivity contribution in [3.63, 3.8) is 0 Å². The third-order valence-electron chi connectivity index (χ3n) is 3.38. The summed E-state index contributed by atoms with van der Waals surface area (Å²) in [4.78, 5) is 0. The molecule has 3 heteroatoms. The number of aryl methyl sites for hydroxylation is 2. The van der Waals surface area contributed by atoms with E-state index in [1.54, 1.807) is 19.6 Å². The predicted molar refractivity (Wildman–Crippen MR) is 76.7 cm³/mol. The first kappa shape index (κ1) is 13.7. The lowest BCUT2D eigenvalue weighted by atomic mass is 9.94. The zero-order chi connectivity index (χ0) is 13.8. The Hall–Kier alpha value is -1.74.